The number of imidazole rings is 1. The van der Waals surface area contributed by atoms with E-state index in [-0.39, 0.29) is 5.82 Å². The van der Waals surface area contributed by atoms with Gasteiger partial charge in [-0.15, -0.1) is 0 Å². The molecule has 0 bridgehead atoms. The number of aromatic nitrogens is 2. The van der Waals surface area contributed by atoms with Gasteiger partial charge in [-0.05, 0) is 67.5 Å². The molecule has 7 heteroatoms. The molecule has 3 rings (SSSR count). The molecule has 3 aromatic rings. The number of anilines is 1. The van der Waals surface area contributed by atoms with Crippen LogP contribution in [0.2, 0.25) is 0 Å². The van der Waals surface area contributed by atoms with Gasteiger partial charge in [-0.3, -0.25) is 0 Å². The molecule has 0 aliphatic carbocycles. The predicted octanol–water partition coefficient (Wildman–Crippen LogP) is 4.71. The lowest BCUT2D eigenvalue weighted by Gasteiger charge is -2.26. The smallest absolute Gasteiger partial charge is 0.173 e. The largest absolute Gasteiger partial charge is 0.494 e. The summed E-state index contributed by atoms with van der Waals surface area (Å²) in [5.74, 6) is 0.576. The summed E-state index contributed by atoms with van der Waals surface area (Å²) < 4.78 is 21.1. The van der Waals surface area contributed by atoms with Crippen molar-refractivity contribution in [1.82, 2.24) is 14.5 Å². The van der Waals surface area contributed by atoms with Gasteiger partial charge in [-0.2, -0.15) is 0 Å². The first kappa shape index (κ1) is 20.8. The molecule has 152 valence electrons. The summed E-state index contributed by atoms with van der Waals surface area (Å²) in [4.78, 5) is 6.12. The van der Waals surface area contributed by atoms with E-state index in [1.54, 1.807) is 24.7 Å². The van der Waals surface area contributed by atoms with Crippen LogP contribution in [0.5, 0.6) is 5.75 Å². The zero-order valence-electron chi connectivity index (χ0n) is 16.4. The Bertz CT molecular complexity index is 899. The van der Waals surface area contributed by atoms with Gasteiger partial charge in [0.2, 0.25) is 0 Å². The number of hydrogen-bond acceptors (Lipinski definition) is 3. The molecule has 1 N–H and O–H groups in total. The van der Waals surface area contributed by atoms with Gasteiger partial charge in [0.25, 0.3) is 0 Å². The first-order valence-corrected chi connectivity index (χ1v) is 10.0. The number of benzene rings is 2. The highest BCUT2D eigenvalue weighted by molar-refractivity contribution is 7.80. The number of nitrogens with zero attached hydrogens (tertiary/aromatic N) is 3. The van der Waals surface area contributed by atoms with Gasteiger partial charge in [-0.1, -0.05) is 12.1 Å². The molecule has 29 heavy (non-hydrogen) atoms. The average Bonchev–Trinajstić information content (AvgIpc) is 3.22. The highest BCUT2D eigenvalue weighted by Gasteiger charge is 2.12. The van der Waals surface area contributed by atoms with Crippen LogP contribution in [0.25, 0.3) is 0 Å². The minimum absolute atomic E-state index is 0.244. The molecule has 0 spiro atoms. The van der Waals surface area contributed by atoms with Crippen LogP contribution in [0.15, 0.2) is 67.3 Å². The Balaban J connectivity index is 1.65. The fourth-order valence-electron chi connectivity index (χ4n) is 2.97. The zero-order valence-corrected chi connectivity index (χ0v) is 17.2. The SMILES string of the molecule is CCOc1ccc(NC(=S)N(CCCn2ccnc2)Cc2cccc(F)c2)cc1. The lowest BCUT2D eigenvalue weighted by molar-refractivity contribution is 0.340. The van der Waals surface area contributed by atoms with Crippen molar-refractivity contribution in [3.05, 3.63) is 78.6 Å². The van der Waals surface area contributed by atoms with Crippen LogP contribution in [0, 0.1) is 5.82 Å². The van der Waals surface area contributed by atoms with Gasteiger partial charge >= 0.3 is 0 Å². The van der Waals surface area contributed by atoms with E-state index in [0.717, 1.165) is 36.5 Å². The molecule has 0 fully saturated rings. The van der Waals surface area contributed by atoms with E-state index >= 15 is 0 Å². The second-order valence-corrected chi connectivity index (χ2v) is 6.98. The third-order valence-corrected chi connectivity index (χ3v) is 4.73. The summed E-state index contributed by atoms with van der Waals surface area (Å²) in [7, 11) is 0. The number of hydrogen-bond donors (Lipinski definition) is 1. The van der Waals surface area contributed by atoms with Crippen LogP contribution in [-0.2, 0) is 13.1 Å². The summed E-state index contributed by atoms with van der Waals surface area (Å²) in [6.07, 6.45) is 6.39. The molecule has 0 aliphatic rings. The van der Waals surface area contributed by atoms with E-state index < -0.39 is 0 Å². The first-order chi connectivity index (χ1) is 14.1. The average molecular weight is 413 g/mol. The van der Waals surface area contributed by atoms with Gasteiger partial charge in [0.1, 0.15) is 11.6 Å². The van der Waals surface area contributed by atoms with Gasteiger partial charge in [0.05, 0.1) is 12.9 Å². The second-order valence-electron chi connectivity index (χ2n) is 6.59. The van der Waals surface area contributed by atoms with Crippen LogP contribution in [-0.4, -0.2) is 32.7 Å². The lowest BCUT2D eigenvalue weighted by Crippen LogP contribution is -2.35. The monoisotopic (exact) mass is 412 g/mol. The Morgan fingerprint density at radius 1 is 1.24 bits per heavy atom. The molecule has 0 unspecified atom stereocenters. The lowest BCUT2D eigenvalue weighted by atomic mass is 10.2. The number of rotatable bonds is 9. The summed E-state index contributed by atoms with van der Waals surface area (Å²) in [5.41, 5.74) is 1.76. The summed E-state index contributed by atoms with van der Waals surface area (Å²) in [6, 6.07) is 14.3. The third-order valence-electron chi connectivity index (χ3n) is 4.37. The maximum Gasteiger partial charge on any atom is 0.173 e. The number of ether oxygens (including phenoxy) is 1. The normalized spacial score (nSPS) is 10.6. The van der Waals surface area contributed by atoms with Crippen LogP contribution in [0.3, 0.4) is 0 Å². The maximum atomic E-state index is 13.6. The molecule has 0 aliphatic heterocycles. The Hall–Kier alpha value is -2.93. The quantitative estimate of drug-likeness (QED) is 0.516. The molecule has 0 saturated heterocycles. The van der Waals surface area contributed by atoms with Crippen molar-refractivity contribution in [2.24, 2.45) is 0 Å². The third kappa shape index (κ3) is 6.57. The van der Waals surface area contributed by atoms with Gasteiger partial charge in [0, 0.05) is 37.7 Å². The molecule has 2 aromatic carbocycles. The van der Waals surface area contributed by atoms with Crippen LogP contribution in [0.4, 0.5) is 10.1 Å². The summed E-state index contributed by atoms with van der Waals surface area (Å²) in [5, 5.41) is 3.88. The zero-order chi connectivity index (χ0) is 20.5. The molecule has 0 atom stereocenters. The van der Waals surface area contributed by atoms with Gasteiger partial charge in [-0.25, -0.2) is 9.37 Å². The number of thiocarbonyl (C=S) groups is 1. The number of nitrogens with one attached hydrogen (secondary N) is 1. The highest BCUT2D eigenvalue weighted by atomic mass is 32.1. The fraction of sp³-hybridized carbons (Fsp3) is 0.273. The van der Waals surface area contributed by atoms with Crippen molar-refractivity contribution in [3.8, 4) is 5.75 Å². The van der Waals surface area contributed by atoms with E-state index in [9.17, 15) is 4.39 Å². The molecular weight excluding hydrogens is 387 g/mol. The maximum absolute atomic E-state index is 13.6. The topological polar surface area (TPSA) is 42.3 Å². The van der Waals surface area contributed by atoms with E-state index in [4.69, 9.17) is 17.0 Å². The predicted molar refractivity (Wildman–Crippen MR) is 117 cm³/mol. The first-order valence-electron chi connectivity index (χ1n) is 9.63. The minimum atomic E-state index is -0.244. The highest BCUT2D eigenvalue weighted by Crippen LogP contribution is 2.17. The van der Waals surface area contributed by atoms with Crippen molar-refractivity contribution in [3.63, 3.8) is 0 Å². The summed E-state index contributed by atoms with van der Waals surface area (Å²) in [6.45, 7) is 4.69. The molecule has 0 amide bonds. The molecule has 1 aromatic heterocycles. The van der Waals surface area contributed by atoms with Crippen molar-refractivity contribution < 1.29 is 9.13 Å². The Labute approximate surface area is 176 Å². The van der Waals surface area contributed by atoms with E-state index in [1.807, 2.05) is 48.0 Å². The van der Waals surface area contributed by atoms with Crippen molar-refractivity contribution in [1.29, 1.82) is 0 Å². The van der Waals surface area contributed by atoms with Crippen molar-refractivity contribution in [2.45, 2.75) is 26.4 Å². The Kier molecular flexibility index (Phi) is 7.58. The Morgan fingerprint density at radius 3 is 2.76 bits per heavy atom. The van der Waals surface area contributed by atoms with Crippen molar-refractivity contribution in [2.75, 3.05) is 18.5 Å². The van der Waals surface area contributed by atoms with Crippen molar-refractivity contribution >= 4 is 23.0 Å². The van der Waals surface area contributed by atoms with Gasteiger partial charge < -0.3 is 19.5 Å². The van der Waals surface area contributed by atoms with E-state index in [2.05, 4.69) is 15.2 Å². The molecule has 1 heterocycles. The second kappa shape index (κ2) is 10.6. The minimum Gasteiger partial charge on any atom is -0.494 e. The molecule has 5 nitrogen and oxygen atoms in total. The van der Waals surface area contributed by atoms with Crippen LogP contribution < -0.4 is 10.1 Å². The standard InChI is InChI=1S/C22H25FN4OS/c1-2-28-21-9-7-20(8-10-21)25-22(29)27(13-4-12-26-14-11-24-17-26)16-18-5-3-6-19(23)15-18/h3,5-11,14-15,17H,2,4,12-13,16H2,1H3,(H,25,29). The molecular formula is C22H25FN4OS. The van der Waals surface area contributed by atoms with Gasteiger partial charge in [0.15, 0.2) is 5.11 Å². The molecule has 0 radical (unpaired) electrons. The Morgan fingerprint density at radius 2 is 2.07 bits per heavy atom. The van der Waals surface area contributed by atoms with Crippen LogP contribution in [0.1, 0.15) is 18.9 Å². The van der Waals surface area contributed by atoms with E-state index in [1.165, 1.54) is 6.07 Å². The van der Waals surface area contributed by atoms with E-state index in [0.29, 0.717) is 18.3 Å². The summed E-state index contributed by atoms with van der Waals surface area (Å²) >= 11 is 5.66. The number of aryl methyl sites for hydroxylation is 1. The number of halogens is 1. The molecule has 0 saturated carbocycles. The fourth-order valence-corrected chi connectivity index (χ4v) is 3.25. The van der Waals surface area contributed by atoms with Crippen LogP contribution >= 0.6 is 12.2 Å².